The van der Waals surface area contributed by atoms with E-state index in [1.54, 1.807) is 0 Å². The Labute approximate surface area is 103 Å². The van der Waals surface area contributed by atoms with Gasteiger partial charge >= 0.3 is 0 Å². The van der Waals surface area contributed by atoms with Gasteiger partial charge in [-0.1, -0.05) is 30.3 Å². The molecule has 1 unspecified atom stereocenters. The Kier molecular flexibility index (Phi) is 4.63. The average Bonchev–Trinajstić information content (AvgIpc) is 2.88. The van der Waals surface area contributed by atoms with Crippen molar-refractivity contribution in [3.8, 4) is 0 Å². The molecule has 0 amide bonds. The summed E-state index contributed by atoms with van der Waals surface area (Å²) in [5, 5.41) is 0. The monoisotopic (exact) mass is 232 g/mol. The molecule has 1 aliphatic heterocycles. The maximum absolute atomic E-state index is 5.59. The molecule has 0 aromatic heterocycles. The van der Waals surface area contributed by atoms with Crippen molar-refractivity contribution in [1.82, 2.24) is 0 Å². The highest BCUT2D eigenvalue weighted by molar-refractivity contribution is 5.62. The standard InChI is InChI=1S/C15H20O2/c1-13(15-5-3-2-4-6-15)11-16-9-7-14-8-10-17-12-14/h2-6,11,14H,7-10,12H2,1H3/b13-11-. The summed E-state index contributed by atoms with van der Waals surface area (Å²) in [6, 6.07) is 10.3. The van der Waals surface area contributed by atoms with Crippen molar-refractivity contribution < 1.29 is 9.47 Å². The second-order valence-electron chi connectivity index (χ2n) is 4.56. The van der Waals surface area contributed by atoms with Gasteiger partial charge in [0.05, 0.1) is 12.9 Å². The van der Waals surface area contributed by atoms with Gasteiger partial charge in [-0.25, -0.2) is 0 Å². The van der Waals surface area contributed by atoms with Crippen LogP contribution in [0.2, 0.25) is 0 Å². The van der Waals surface area contributed by atoms with Gasteiger partial charge in [-0.3, -0.25) is 0 Å². The zero-order valence-electron chi connectivity index (χ0n) is 10.4. The summed E-state index contributed by atoms with van der Waals surface area (Å²) < 4.78 is 10.9. The van der Waals surface area contributed by atoms with Gasteiger partial charge < -0.3 is 9.47 Å². The molecule has 0 saturated carbocycles. The third kappa shape index (κ3) is 3.90. The van der Waals surface area contributed by atoms with Gasteiger partial charge in [0, 0.05) is 13.2 Å². The molecule has 1 aromatic carbocycles. The normalized spacial score (nSPS) is 20.5. The van der Waals surface area contributed by atoms with E-state index in [1.807, 2.05) is 24.5 Å². The van der Waals surface area contributed by atoms with Crippen molar-refractivity contribution in [3.05, 3.63) is 42.2 Å². The SMILES string of the molecule is C/C(=C/OCCC1CCOC1)c1ccccc1. The summed E-state index contributed by atoms with van der Waals surface area (Å²) in [5.41, 5.74) is 2.39. The summed E-state index contributed by atoms with van der Waals surface area (Å²) >= 11 is 0. The van der Waals surface area contributed by atoms with Crippen molar-refractivity contribution in [1.29, 1.82) is 0 Å². The van der Waals surface area contributed by atoms with Gasteiger partial charge in [-0.15, -0.1) is 0 Å². The van der Waals surface area contributed by atoms with E-state index in [2.05, 4.69) is 19.1 Å². The fraction of sp³-hybridized carbons (Fsp3) is 0.467. The van der Waals surface area contributed by atoms with E-state index in [4.69, 9.17) is 9.47 Å². The summed E-state index contributed by atoms with van der Waals surface area (Å²) in [6.45, 7) is 4.69. The molecule has 2 heteroatoms. The molecule has 92 valence electrons. The predicted molar refractivity (Wildman–Crippen MR) is 69.6 cm³/mol. The van der Waals surface area contributed by atoms with E-state index in [1.165, 1.54) is 17.6 Å². The highest BCUT2D eigenvalue weighted by atomic mass is 16.5. The number of rotatable bonds is 5. The molecule has 1 aliphatic rings. The number of ether oxygens (including phenoxy) is 2. The summed E-state index contributed by atoms with van der Waals surface area (Å²) in [4.78, 5) is 0. The van der Waals surface area contributed by atoms with Gasteiger partial charge in [-0.2, -0.15) is 0 Å². The van der Waals surface area contributed by atoms with E-state index in [0.717, 1.165) is 26.2 Å². The van der Waals surface area contributed by atoms with Gasteiger partial charge in [0.15, 0.2) is 0 Å². The lowest BCUT2D eigenvalue weighted by atomic mass is 10.1. The second kappa shape index (κ2) is 6.45. The van der Waals surface area contributed by atoms with Crippen LogP contribution in [0.15, 0.2) is 36.6 Å². The van der Waals surface area contributed by atoms with Crippen LogP contribution in [-0.4, -0.2) is 19.8 Å². The zero-order chi connectivity index (χ0) is 11.9. The molecule has 0 aliphatic carbocycles. The van der Waals surface area contributed by atoms with Crippen LogP contribution >= 0.6 is 0 Å². The Bertz CT molecular complexity index is 350. The first-order chi connectivity index (χ1) is 8.36. The minimum absolute atomic E-state index is 0.695. The number of hydrogen-bond acceptors (Lipinski definition) is 2. The molecule has 1 atom stereocenters. The van der Waals surface area contributed by atoms with Crippen molar-refractivity contribution in [2.24, 2.45) is 5.92 Å². The van der Waals surface area contributed by atoms with Gasteiger partial charge in [0.2, 0.25) is 0 Å². The Balaban J connectivity index is 1.72. The number of benzene rings is 1. The van der Waals surface area contributed by atoms with Crippen molar-refractivity contribution in [2.75, 3.05) is 19.8 Å². The molecule has 17 heavy (non-hydrogen) atoms. The third-order valence-corrected chi connectivity index (χ3v) is 3.16. The van der Waals surface area contributed by atoms with E-state index < -0.39 is 0 Å². The van der Waals surface area contributed by atoms with Crippen LogP contribution in [0.25, 0.3) is 5.57 Å². The number of hydrogen-bond donors (Lipinski definition) is 0. The third-order valence-electron chi connectivity index (χ3n) is 3.16. The fourth-order valence-electron chi connectivity index (χ4n) is 2.00. The van der Waals surface area contributed by atoms with E-state index >= 15 is 0 Å². The molecule has 0 radical (unpaired) electrons. The molecular formula is C15H20O2. The Morgan fingerprint density at radius 1 is 1.41 bits per heavy atom. The van der Waals surface area contributed by atoms with E-state index in [-0.39, 0.29) is 0 Å². The first-order valence-electron chi connectivity index (χ1n) is 6.28. The van der Waals surface area contributed by atoms with Crippen molar-refractivity contribution in [2.45, 2.75) is 19.8 Å². The number of allylic oxidation sites excluding steroid dienone is 1. The molecule has 1 aromatic rings. The van der Waals surface area contributed by atoms with Crippen molar-refractivity contribution >= 4 is 5.57 Å². The quantitative estimate of drug-likeness (QED) is 0.571. The summed E-state index contributed by atoms with van der Waals surface area (Å²) in [7, 11) is 0. The maximum Gasteiger partial charge on any atom is 0.0877 e. The summed E-state index contributed by atoms with van der Waals surface area (Å²) in [6.07, 6.45) is 4.15. The maximum atomic E-state index is 5.59. The van der Waals surface area contributed by atoms with Crippen LogP contribution < -0.4 is 0 Å². The topological polar surface area (TPSA) is 18.5 Å². The van der Waals surface area contributed by atoms with Gasteiger partial charge in [-0.05, 0) is 36.8 Å². The molecule has 1 saturated heterocycles. The zero-order valence-corrected chi connectivity index (χ0v) is 10.4. The molecule has 0 bridgehead atoms. The van der Waals surface area contributed by atoms with Gasteiger partial charge in [0.1, 0.15) is 0 Å². The highest BCUT2D eigenvalue weighted by Crippen LogP contribution is 2.17. The Morgan fingerprint density at radius 2 is 2.24 bits per heavy atom. The molecule has 0 N–H and O–H groups in total. The van der Waals surface area contributed by atoms with Crippen LogP contribution in [0.5, 0.6) is 0 Å². The lowest BCUT2D eigenvalue weighted by Gasteiger charge is -2.07. The minimum atomic E-state index is 0.695. The molecule has 1 heterocycles. The second-order valence-corrected chi connectivity index (χ2v) is 4.56. The molecule has 0 spiro atoms. The average molecular weight is 232 g/mol. The van der Waals surface area contributed by atoms with Gasteiger partial charge in [0.25, 0.3) is 0 Å². The van der Waals surface area contributed by atoms with Crippen LogP contribution in [0.1, 0.15) is 25.3 Å². The largest absolute Gasteiger partial charge is 0.501 e. The Hall–Kier alpha value is -1.28. The molecule has 2 rings (SSSR count). The van der Waals surface area contributed by atoms with Crippen LogP contribution in [-0.2, 0) is 9.47 Å². The van der Waals surface area contributed by atoms with Crippen LogP contribution in [0.4, 0.5) is 0 Å². The Morgan fingerprint density at radius 3 is 2.94 bits per heavy atom. The fourth-order valence-corrected chi connectivity index (χ4v) is 2.00. The van der Waals surface area contributed by atoms with Crippen LogP contribution in [0, 0.1) is 5.92 Å². The molecule has 2 nitrogen and oxygen atoms in total. The lowest BCUT2D eigenvalue weighted by molar-refractivity contribution is 0.171. The summed E-state index contributed by atoms with van der Waals surface area (Å²) in [5.74, 6) is 0.695. The first-order valence-corrected chi connectivity index (χ1v) is 6.28. The lowest BCUT2D eigenvalue weighted by Crippen LogP contribution is -2.02. The smallest absolute Gasteiger partial charge is 0.0877 e. The van der Waals surface area contributed by atoms with Crippen LogP contribution in [0.3, 0.4) is 0 Å². The highest BCUT2D eigenvalue weighted by Gasteiger charge is 2.14. The van der Waals surface area contributed by atoms with E-state index in [9.17, 15) is 0 Å². The molecular weight excluding hydrogens is 212 g/mol. The first kappa shape index (κ1) is 12.2. The van der Waals surface area contributed by atoms with Crippen molar-refractivity contribution in [3.63, 3.8) is 0 Å². The minimum Gasteiger partial charge on any atom is -0.501 e. The van der Waals surface area contributed by atoms with E-state index in [0.29, 0.717) is 5.92 Å². The molecule has 1 fully saturated rings. The predicted octanol–water partition coefficient (Wildman–Crippen LogP) is 3.49.